The van der Waals surface area contributed by atoms with Gasteiger partial charge >= 0.3 is 5.97 Å². The normalized spacial score (nSPS) is 11.4. The monoisotopic (exact) mass is 334 g/mol. The van der Waals surface area contributed by atoms with Crippen LogP contribution in [-0.4, -0.2) is 17.3 Å². The highest BCUT2D eigenvalue weighted by Crippen LogP contribution is 2.23. The van der Waals surface area contributed by atoms with Crippen molar-refractivity contribution in [2.45, 2.75) is 32.1 Å². The van der Waals surface area contributed by atoms with Gasteiger partial charge < -0.3 is 4.74 Å². The first-order valence-corrected chi connectivity index (χ1v) is 7.46. The van der Waals surface area contributed by atoms with Gasteiger partial charge in [0, 0.05) is 10.2 Å². The summed E-state index contributed by atoms with van der Waals surface area (Å²) in [6.07, 6.45) is 0. The van der Waals surface area contributed by atoms with E-state index in [1.54, 1.807) is 6.07 Å². The number of thioether (sulfide) groups is 1. The molecule has 2 nitrogen and oxygen atoms in total. The van der Waals surface area contributed by atoms with Gasteiger partial charge in [-0.3, -0.25) is 4.79 Å². The van der Waals surface area contributed by atoms with E-state index in [-0.39, 0.29) is 11.8 Å². The zero-order valence-corrected chi connectivity index (χ0v) is 13.0. The maximum absolute atomic E-state index is 12.9. The van der Waals surface area contributed by atoms with E-state index in [4.69, 9.17) is 4.74 Å². The molecule has 1 aromatic carbocycles. The molecule has 0 saturated carbocycles. The van der Waals surface area contributed by atoms with E-state index in [1.807, 2.05) is 20.8 Å². The predicted octanol–water partition coefficient (Wildman–Crippen LogP) is 4.16. The van der Waals surface area contributed by atoms with E-state index in [9.17, 15) is 9.18 Å². The second kappa shape index (κ2) is 6.57. The number of halogens is 2. The van der Waals surface area contributed by atoms with Crippen LogP contribution in [0.1, 0.15) is 26.3 Å². The number of hydrogen-bond donors (Lipinski definition) is 0. The van der Waals surface area contributed by atoms with Crippen molar-refractivity contribution in [1.82, 2.24) is 0 Å². The molecular formula is C13H16BrFO2S. The molecule has 0 atom stereocenters. The molecule has 0 aliphatic rings. The molecule has 100 valence electrons. The summed E-state index contributed by atoms with van der Waals surface area (Å²) in [6, 6.07) is 4.54. The zero-order chi connectivity index (χ0) is 13.8. The van der Waals surface area contributed by atoms with Crippen LogP contribution in [0.5, 0.6) is 0 Å². The van der Waals surface area contributed by atoms with Crippen LogP contribution in [0, 0.1) is 5.82 Å². The molecule has 0 aliphatic heterocycles. The molecule has 1 aromatic rings. The SMILES string of the molecule is CC(C)(C)OC(=O)CSCc1ccc(F)cc1Br. The highest BCUT2D eigenvalue weighted by atomic mass is 79.9. The fourth-order valence-electron chi connectivity index (χ4n) is 1.25. The van der Waals surface area contributed by atoms with Crippen molar-refractivity contribution < 1.29 is 13.9 Å². The molecule has 0 heterocycles. The highest BCUT2D eigenvalue weighted by Gasteiger charge is 2.16. The van der Waals surface area contributed by atoms with Crippen molar-refractivity contribution in [1.29, 1.82) is 0 Å². The van der Waals surface area contributed by atoms with Crippen LogP contribution >= 0.6 is 27.7 Å². The summed E-state index contributed by atoms with van der Waals surface area (Å²) in [6.45, 7) is 5.52. The second-order valence-electron chi connectivity index (χ2n) is 4.81. The first-order valence-electron chi connectivity index (χ1n) is 5.51. The number of rotatable bonds is 4. The van der Waals surface area contributed by atoms with E-state index in [1.165, 1.54) is 23.9 Å². The minimum atomic E-state index is -0.450. The van der Waals surface area contributed by atoms with Crippen LogP contribution in [0.2, 0.25) is 0 Å². The number of esters is 1. The molecule has 0 amide bonds. The number of ether oxygens (including phenoxy) is 1. The Hall–Kier alpha value is -0.550. The lowest BCUT2D eigenvalue weighted by Gasteiger charge is -2.19. The Balaban J connectivity index is 2.40. The lowest BCUT2D eigenvalue weighted by Crippen LogP contribution is -2.24. The Labute approximate surface area is 119 Å². The van der Waals surface area contributed by atoms with Crippen LogP contribution in [-0.2, 0) is 15.3 Å². The molecule has 0 radical (unpaired) electrons. The molecule has 5 heteroatoms. The predicted molar refractivity (Wildman–Crippen MR) is 76.1 cm³/mol. The molecule has 18 heavy (non-hydrogen) atoms. The van der Waals surface area contributed by atoms with Crippen molar-refractivity contribution >= 4 is 33.7 Å². The Bertz CT molecular complexity index is 429. The van der Waals surface area contributed by atoms with Gasteiger partial charge in [0.15, 0.2) is 0 Å². The molecular weight excluding hydrogens is 319 g/mol. The topological polar surface area (TPSA) is 26.3 Å². The summed E-state index contributed by atoms with van der Waals surface area (Å²) in [4.78, 5) is 11.5. The summed E-state index contributed by atoms with van der Waals surface area (Å²) >= 11 is 4.74. The molecule has 0 N–H and O–H groups in total. The van der Waals surface area contributed by atoms with Crippen molar-refractivity contribution in [2.75, 3.05) is 5.75 Å². The molecule has 1 rings (SSSR count). The average Bonchev–Trinajstić information content (AvgIpc) is 2.18. The fourth-order valence-corrected chi connectivity index (χ4v) is 2.73. The van der Waals surface area contributed by atoms with Crippen molar-refractivity contribution in [3.63, 3.8) is 0 Å². The summed E-state index contributed by atoms with van der Waals surface area (Å²) in [5.74, 6) is 0.426. The lowest BCUT2D eigenvalue weighted by molar-refractivity contribution is -0.151. The number of carbonyl (C=O) groups excluding carboxylic acids is 1. The maximum Gasteiger partial charge on any atom is 0.316 e. The van der Waals surface area contributed by atoms with E-state index in [2.05, 4.69) is 15.9 Å². The Morgan fingerprint density at radius 2 is 2.11 bits per heavy atom. The Kier molecular flexibility index (Phi) is 5.66. The fraction of sp³-hybridized carbons (Fsp3) is 0.462. The number of hydrogen-bond acceptors (Lipinski definition) is 3. The van der Waals surface area contributed by atoms with Gasteiger partial charge in [0.05, 0.1) is 5.75 Å². The quantitative estimate of drug-likeness (QED) is 0.773. The molecule has 0 fully saturated rings. The van der Waals surface area contributed by atoms with Gasteiger partial charge in [-0.25, -0.2) is 4.39 Å². The standard InChI is InChI=1S/C13H16BrFO2S/c1-13(2,3)17-12(16)8-18-7-9-4-5-10(15)6-11(9)14/h4-6H,7-8H2,1-3H3. The third kappa shape index (κ3) is 5.87. The smallest absolute Gasteiger partial charge is 0.316 e. The van der Waals surface area contributed by atoms with E-state index in [0.29, 0.717) is 11.5 Å². The van der Waals surface area contributed by atoms with Crippen molar-refractivity contribution in [2.24, 2.45) is 0 Å². The minimum Gasteiger partial charge on any atom is -0.459 e. The lowest BCUT2D eigenvalue weighted by atomic mass is 10.2. The molecule has 0 unspecified atom stereocenters. The molecule has 0 bridgehead atoms. The number of carbonyl (C=O) groups is 1. The van der Waals surface area contributed by atoms with Crippen LogP contribution in [0.3, 0.4) is 0 Å². The van der Waals surface area contributed by atoms with Gasteiger partial charge in [-0.05, 0) is 38.5 Å². The minimum absolute atomic E-state index is 0.231. The maximum atomic E-state index is 12.9. The second-order valence-corrected chi connectivity index (χ2v) is 6.65. The molecule has 0 spiro atoms. The summed E-state index contributed by atoms with van der Waals surface area (Å²) in [7, 11) is 0. The first kappa shape index (κ1) is 15.5. The van der Waals surface area contributed by atoms with Crippen LogP contribution in [0.25, 0.3) is 0 Å². The van der Waals surface area contributed by atoms with Gasteiger partial charge in [0.1, 0.15) is 11.4 Å². The van der Waals surface area contributed by atoms with Crippen molar-refractivity contribution in [3.05, 3.63) is 34.1 Å². The molecule has 0 saturated heterocycles. The third-order valence-electron chi connectivity index (χ3n) is 1.91. The first-order chi connectivity index (χ1) is 8.28. The molecule has 0 aliphatic carbocycles. The van der Waals surface area contributed by atoms with Gasteiger partial charge in [-0.15, -0.1) is 11.8 Å². The van der Waals surface area contributed by atoms with Crippen LogP contribution in [0.4, 0.5) is 4.39 Å². The summed E-state index contributed by atoms with van der Waals surface area (Å²) in [5.41, 5.74) is 0.513. The third-order valence-corrected chi connectivity index (χ3v) is 3.61. The van der Waals surface area contributed by atoms with Gasteiger partial charge in [-0.2, -0.15) is 0 Å². The molecule has 0 aromatic heterocycles. The number of benzene rings is 1. The zero-order valence-electron chi connectivity index (χ0n) is 10.6. The van der Waals surface area contributed by atoms with Crippen molar-refractivity contribution in [3.8, 4) is 0 Å². The van der Waals surface area contributed by atoms with Gasteiger partial charge in [0.25, 0.3) is 0 Å². The van der Waals surface area contributed by atoms with E-state index < -0.39 is 5.60 Å². The van der Waals surface area contributed by atoms with E-state index >= 15 is 0 Å². The average molecular weight is 335 g/mol. The van der Waals surface area contributed by atoms with Crippen LogP contribution < -0.4 is 0 Å². The highest BCUT2D eigenvalue weighted by molar-refractivity contribution is 9.10. The van der Waals surface area contributed by atoms with E-state index in [0.717, 1.165) is 10.0 Å². The Morgan fingerprint density at radius 1 is 1.44 bits per heavy atom. The van der Waals surface area contributed by atoms with Gasteiger partial charge in [-0.1, -0.05) is 22.0 Å². The Morgan fingerprint density at radius 3 is 2.67 bits per heavy atom. The summed E-state index contributed by atoms with van der Waals surface area (Å²) < 4.78 is 18.8. The van der Waals surface area contributed by atoms with Gasteiger partial charge in [0.2, 0.25) is 0 Å². The largest absolute Gasteiger partial charge is 0.459 e. The van der Waals surface area contributed by atoms with Crippen LogP contribution in [0.15, 0.2) is 22.7 Å². The summed E-state index contributed by atoms with van der Waals surface area (Å²) in [5, 5.41) is 0.